The van der Waals surface area contributed by atoms with E-state index in [2.05, 4.69) is 0 Å². The summed E-state index contributed by atoms with van der Waals surface area (Å²) >= 11 is 11.4. The lowest BCUT2D eigenvalue weighted by Gasteiger charge is -2.12. The molecule has 9 heteroatoms. The third kappa shape index (κ3) is 3.20. The van der Waals surface area contributed by atoms with Crippen LogP contribution < -0.4 is 10.5 Å². The Bertz CT molecular complexity index is 793. The molecule has 3 N–H and O–H groups in total. The van der Waals surface area contributed by atoms with Crippen LogP contribution in [-0.4, -0.2) is 8.42 Å². The van der Waals surface area contributed by atoms with Gasteiger partial charge in [-0.15, -0.1) is 0 Å². The summed E-state index contributed by atoms with van der Waals surface area (Å²) in [4.78, 5) is -0.799. The number of hydrogen-bond donors (Lipinski definition) is 2. The predicted molar refractivity (Wildman–Crippen MR) is 78.0 cm³/mol. The van der Waals surface area contributed by atoms with Crippen molar-refractivity contribution in [2.24, 2.45) is 0 Å². The molecule has 4 nitrogen and oxygen atoms in total. The van der Waals surface area contributed by atoms with Gasteiger partial charge in [-0.3, -0.25) is 4.72 Å². The van der Waals surface area contributed by atoms with Crippen LogP contribution in [0.25, 0.3) is 0 Å². The Balaban J connectivity index is 2.54. The highest BCUT2D eigenvalue weighted by atomic mass is 35.5. The third-order valence-corrected chi connectivity index (χ3v) is 4.40. The molecule has 21 heavy (non-hydrogen) atoms. The Labute approximate surface area is 129 Å². The maximum Gasteiger partial charge on any atom is 0.265 e. The van der Waals surface area contributed by atoms with E-state index in [4.69, 9.17) is 28.9 Å². The van der Waals surface area contributed by atoms with Crippen molar-refractivity contribution in [3.63, 3.8) is 0 Å². The molecular weight excluding hydrogens is 345 g/mol. The lowest BCUT2D eigenvalue weighted by atomic mass is 10.3. The fraction of sp³-hybridized carbons (Fsp3) is 0. The lowest BCUT2D eigenvalue weighted by molar-refractivity contribution is 0.572. The summed E-state index contributed by atoms with van der Waals surface area (Å²) in [6.07, 6.45) is 0. The second kappa shape index (κ2) is 5.67. The molecule has 0 aromatic heterocycles. The van der Waals surface area contributed by atoms with Crippen LogP contribution in [-0.2, 0) is 10.0 Å². The summed E-state index contributed by atoms with van der Waals surface area (Å²) in [5, 5.41) is -0.247. The van der Waals surface area contributed by atoms with Crippen molar-refractivity contribution in [3.05, 3.63) is 52.0 Å². The zero-order chi connectivity index (χ0) is 15.8. The first-order valence-electron chi connectivity index (χ1n) is 5.43. The molecule has 0 unspecified atom stereocenters. The van der Waals surface area contributed by atoms with E-state index in [1.165, 1.54) is 12.1 Å². The molecule has 2 aromatic carbocycles. The number of para-hydroxylation sites is 1. The van der Waals surface area contributed by atoms with E-state index in [0.29, 0.717) is 0 Å². The number of sulfonamides is 1. The lowest BCUT2D eigenvalue weighted by Crippen LogP contribution is -2.16. The average molecular weight is 353 g/mol. The van der Waals surface area contributed by atoms with Crippen molar-refractivity contribution in [1.29, 1.82) is 0 Å². The van der Waals surface area contributed by atoms with E-state index < -0.39 is 37.9 Å². The van der Waals surface area contributed by atoms with E-state index >= 15 is 0 Å². The molecule has 0 fully saturated rings. The highest BCUT2D eigenvalue weighted by Crippen LogP contribution is 2.30. The molecule has 0 saturated heterocycles. The van der Waals surface area contributed by atoms with Gasteiger partial charge in [0, 0.05) is 5.02 Å². The topological polar surface area (TPSA) is 72.2 Å². The number of nitrogens with two attached hydrogens (primary N) is 1. The number of nitrogens with one attached hydrogen (secondary N) is 1. The first kappa shape index (κ1) is 15.8. The third-order valence-electron chi connectivity index (χ3n) is 2.52. The minimum atomic E-state index is -4.45. The van der Waals surface area contributed by atoms with Gasteiger partial charge >= 0.3 is 0 Å². The van der Waals surface area contributed by atoms with Gasteiger partial charge in [-0.1, -0.05) is 29.3 Å². The molecule has 0 spiro atoms. The second-order valence-electron chi connectivity index (χ2n) is 4.01. The van der Waals surface area contributed by atoms with Crippen molar-refractivity contribution in [2.75, 3.05) is 10.5 Å². The minimum absolute atomic E-state index is 0.0751. The molecule has 0 aliphatic carbocycles. The molecular formula is C12H8Cl2F2N2O2S. The van der Waals surface area contributed by atoms with Gasteiger partial charge in [-0.25, -0.2) is 17.2 Å². The van der Waals surface area contributed by atoms with E-state index in [0.717, 1.165) is 18.2 Å². The summed E-state index contributed by atoms with van der Waals surface area (Å²) in [7, 11) is -4.45. The van der Waals surface area contributed by atoms with Crippen LogP contribution in [0.3, 0.4) is 0 Å². The highest BCUT2D eigenvalue weighted by Gasteiger charge is 2.24. The van der Waals surface area contributed by atoms with Crippen molar-refractivity contribution < 1.29 is 17.2 Å². The largest absolute Gasteiger partial charge is 0.396 e. The fourth-order valence-corrected chi connectivity index (χ4v) is 3.34. The molecule has 112 valence electrons. The van der Waals surface area contributed by atoms with Gasteiger partial charge in [0.1, 0.15) is 16.4 Å². The van der Waals surface area contributed by atoms with Crippen LogP contribution in [0.1, 0.15) is 0 Å². The fourth-order valence-electron chi connectivity index (χ4n) is 1.56. The Kier molecular flexibility index (Phi) is 4.27. The summed E-state index contributed by atoms with van der Waals surface area (Å²) in [5.74, 6) is -2.08. The summed E-state index contributed by atoms with van der Waals surface area (Å²) in [6.45, 7) is 0. The molecule has 2 aromatic rings. The number of anilines is 2. The standard InChI is InChI=1S/C12H8Cl2F2N2O2S/c13-6-4-9(17)11(16)10(5-6)21(19,20)18-12-7(14)2-1-3-8(12)15/h1-5,18H,17H2. The molecule has 0 aliphatic heterocycles. The van der Waals surface area contributed by atoms with Crippen LogP contribution >= 0.6 is 23.2 Å². The van der Waals surface area contributed by atoms with Crippen molar-refractivity contribution in [3.8, 4) is 0 Å². The van der Waals surface area contributed by atoms with Crippen LogP contribution in [0.4, 0.5) is 20.2 Å². The Hall–Kier alpha value is -1.57. The van der Waals surface area contributed by atoms with E-state index in [-0.39, 0.29) is 10.0 Å². The average Bonchev–Trinajstić information content (AvgIpc) is 2.38. The number of hydrogen-bond acceptors (Lipinski definition) is 3. The van der Waals surface area contributed by atoms with Gasteiger partial charge in [0.15, 0.2) is 5.82 Å². The molecule has 0 saturated carbocycles. The Morgan fingerprint density at radius 2 is 1.81 bits per heavy atom. The summed E-state index contributed by atoms with van der Waals surface area (Å²) in [5.41, 5.74) is 4.39. The molecule has 0 heterocycles. The van der Waals surface area contributed by atoms with E-state index in [1.807, 2.05) is 4.72 Å². The SMILES string of the molecule is Nc1cc(Cl)cc(S(=O)(=O)Nc2c(F)cccc2Cl)c1F. The number of nitrogen functional groups attached to an aromatic ring is 1. The van der Waals surface area contributed by atoms with Gasteiger partial charge in [0.05, 0.1) is 10.7 Å². The van der Waals surface area contributed by atoms with Crippen LogP contribution in [0, 0.1) is 11.6 Å². The predicted octanol–water partition coefficient (Wildman–Crippen LogP) is 3.65. The van der Waals surface area contributed by atoms with Gasteiger partial charge in [0.2, 0.25) is 0 Å². The molecule has 0 radical (unpaired) electrons. The normalized spacial score (nSPS) is 11.4. The van der Waals surface area contributed by atoms with Crippen LogP contribution in [0.15, 0.2) is 35.2 Å². The molecule has 0 atom stereocenters. The number of halogens is 4. The second-order valence-corrected chi connectivity index (χ2v) is 6.50. The highest BCUT2D eigenvalue weighted by molar-refractivity contribution is 7.92. The van der Waals surface area contributed by atoms with Crippen molar-refractivity contribution >= 4 is 44.6 Å². The summed E-state index contributed by atoms with van der Waals surface area (Å²) < 4.78 is 53.6. The minimum Gasteiger partial charge on any atom is -0.396 e. The zero-order valence-corrected chi connectivity index (χ0v) is 12.5. The molecule has 2 rings (SSSR count). The quantitative estimate of drug-likeness (QED) is 0.828. The van der Waals surface area contributed by atoms with E-state index in [9.17, 15) is 17.2 Å². The first-order chi connectivity index (χ1) is 9.72. The summed E-state index contributed by atoms with van der Waals surface area (Å²) in [6, 6.07) is 5.52. The smallest absolute Gasteiger partial charge is 0.265 e. The molecule has 0 bridgehead atoms. The van der Waals surface area contributed by atoms with Gasteiger partial charge in [-0.05, 0) is 24.3 Å². The maximum absolute atomic E-state index is 13.9. The van der Waals surface area contributed by atoms with Crippen LogP contribution in [0.5, 0.6) is 0 Å². The Morgan fingerprint density at radius 1 is 1.14 bits per heavy atom. The van der Waals surface area contributed by atoms with Crippen molar-refractivity contribution in [2.45, 2.75) is 4.90 Å². The van der Waals surface area contributed by atoms with Crippen LogP contribution in [0.2, 0.25) is 10.0 Å². The molecule has 0 aliphatic rings. The van der Waals surface area contributed by atoms with Gasteiger partial charge in [0.25, 0.3) is 10.0 Å². The van der Waals surface area contributed by atoms with E-state index in [1.54, 1.807) is 0 Å². The number of rotatable bonds is 3. The van der Waals surface area contributed by atoms with Gasteiger partial charge in [-0.2, -0.15) is 0 Å². The monoisotopic (exact) mass is 352 g/mol. The first-order valence-corrected chi connectivity index (χ1v) is 7.67. The zero-order valence-electron chi connectivity index (χ0n) is 10.2. The Morgan fingerprint density at radius 3 is 2.43 bits per heavy atom. The molecule has 0 amide bonds. The van der Waals surface area contributed by atoms with Crippen molar-refractivity contribution in [1.82, 2.24) is 0 Å². The number of benzene rings is 2. The maximum atomic E-state index is 13.9. The van der Waals surface area contributed by atoms with Gasteiger partial charge < -0.3 is 5.73 Å².